The van der Waals surface area contributed by atoms with Gasteiger partial charge in [-0.1, -0.05) is 273 Å². The molecule has 0 aromatic heterocycles. The van der Waals surface area contributed by atoms with E-state index in [0.29, 0.717) is 19.3 Å². The van der Waals surface area contributed by atoms with E-state index in [1.807, 2.05) is 6.08 Å². The summed E-state index contributed by atoms with van der Waals surface area (Å²) in [5.74, 6) is -0.986. The molecule has 0 aliphatic heterocycles. The van der Waals surface area contributed by atoms with Crippen molar-refractivity contribution >= 4 is 17.9 Å². The Kier molecular flexibility index (Phi) is 56.3. The van der Waals surface area contributed by atoms with Gasteiger partial charge in [-0.15, -0.1) is 0 Å². The van der Waals surface area contributed by atoms with Crippen LogP contribution in [-0.2, 0) is 28.6 Å². The summed E-state index contributed by atoms with van der Waals surface area (Å²) in [5, 5.41) is 0. The second-order valence-corrected chi connectivity index (χ2v) is 19.9. The Morgan fingerprint density at radius 2 is 0.577 bits per heavy atom. The normalized spacial score (nSPS) is 12.7. The predicted octanol–water partition coefficient (Wildman–Crippen LogP) is 20.3. The maximum absolute atomic E-state index is 12.9. The highest BCUT2D eigenvalue weighted by Gasteiger charge is 2.19. The lowest BCUT2D eigenvalue weighted by Crippen LogP contribution is -2.30. The molecule has 0 aliphatic rings. The molecule has 1 atom stereocenters. The van der Waals surface area contributed by atoms with Crippen molar-refractivity contribution in [2.24, 2.45) is 0 Å². The molecule has 0 N–H and O–H groups in total. The Hall–Kier alpha value is -3.41. The first-order valence-corrected chi connectivity index (χ1v) is 30.1. The van der Waals surface area contributed by atoms with Crippen LogP contribution in [0, 0.1) is 0 Å². The third-order valence-corrected chi connectivity index (χ3v) is 12.9. The molecule has 408 valence electrons. The lowest BCUT2D eigenvalue weighted by molar-refractivity contribution is -0.166. The molecule has 0 rings (SSSR count). The molecule has 71 heavy (non-hydrogen) atoms. The molecule has 0 saturated heterocycles. The highest BCUT2D eigenvalue weighted by molar-refractivity contribution is 5.71. The van der Waals surface area contributed by atoms with Gasteiger partial charge in [0.25, 0.3) is 0 Å². The molecule has 1 unspecified atom stereocenters. The average Bonchev–Trinajstić information content (AvgIpc) is 3.37. The lowest BCUT2D eigenvalue weighted by atomic mass is 10.0. The maximum Gasteiger partial charge on any atom is 0.306 e. The summed E-state index contributed by atoms with van der Waals surface area (Å²) in [7, 11) is 0. The van der Waals surface area contributed by atoms with Crippen molar-refractivity contribution in [1.29, 1.82) is 0 Å². The summed E-state index contributed by atoms with van der Waals surface area (Å²) >= 11 is 0. The SMILES string of the molecule is CC/C=C\C/C=C\C/C=C\C/C=C\C/C=C\C/C=C\CCC(=O)OCC(COC(=O)CCCCCCC/C=C\CCCCCCCCC)OC(=O)CCCCCCCCCCCCCCCCCCCC. The van der Waals surface area contributed by atoms with E-state index in [4.69, 9.17) is 14.2 Å². The number of hydrogen-bond donors (Lipinski definition) is 0. The van der Waals surface area contributed by atoms with Crippen molar-refractivity contribution in [3.8, 4) is 0 Å². The van der Waals surface area contributed by atoms with Gasteiger partial charge in [0.1, 0.15) is 13.2 Å². The van der Waals surface area contributed by atoms with Crippen molar-refractivity contribution < 1.29 is 28.6 Å². The van der Waals surface area contributed by atoms with E-state index in [0.717, 1.165) is 83.5 Å². The van der Waals surface area contributed by atoms with Crippen LogP contribution in [0.2, 0.25) is 0 Å². The minimum Gasteiger partial charge on any atom is -0.462 e. The van der Waals surface area contributed by atoms with E-state index in [1.54, 1.807) is 0 Å². The Morgan fingerprint density at radius 1 is 0.296 bits per heavy atom. The van der Waals surface area contributed by atoms with Gasteiger partial charge in [-0.05, 0) is 83.5 Å². The van der Waals surface area contributed by atoms with Crippen molar-refractivity contribution in [2.75, 3.05) is 13.2 Å². The van der Waals surface area contributed by atoms with Crippen LogP contribution in [0.3, 0.4) is 0 Å². The standard InChI is InChI=1S/C65H112O6/c1-4-7-10-13-16-19-22-25-28-31-33-35-37-40-43-46-49-52-55-58-64(67)70-61-62(60-69-63(66)57-54-51-48-45-42-39-36-30-27-24-21-18-15-12-9-6-3)71-65(68)59-56-53-50-47-44-41-38-34-32-29-26-23-20-17-14-11-8-5-2/h7,10,16,19,25,28,30,33,35-36,40,43,49,52,62H,4-6,8-9,11-15,17-18,20-24,26-27,29,31-32,34,37-39,41-42,44-48,50-51,53-61H2,1-3H3/b10-7-,19-16-,28-25-,35-33-,36-30-,43-40-,52-49-. The molecule has 0 spiro atoms. The quantitative estimate of drug-likeness (QED) is 0.0261. The van der Waals surface area contributed by atoms with E-state index in [2.05, 4.69) is 99.8 Å². The molecule has 0 aliphatic carbocycles. The van der Waals surface area contributed by atoms with Gasteiger partial charge in [-0.3, -0.25) is 14.4 Å². The highest BCUT2D eigenvalue weighted by Crippen LogP contribution is 2.16. The Bertz CT molecular complexity index is 1370. The Balaban J connectivity index is 4.48. The largest absolute Gasteiger partial charge is 0.462 e. The Morgan fingerprint density at radius 3 is 0.944 bits per heavy atom. The number of rotatable bonds is 54. The van der Waals surface area contributed by atoms with Crippen molar-refractivity contribution in [3.63, 3.8) is 0 Å². The van der Waals surface area contributed by atoms with Gasteiger partial charge in [0.2, 0.25) is 0 Å². The number of esters is 3. The monoisotopic (exact) mass is 989 g/mol. The second kappa shape index (κ2) is 59.2. The molecule has 0 aromatic rings. The summed E-state index contributed by atoms with van der Waals surface area (Å²) in [5.41, 5.74) is 0. The van der Waals surface area contributed by atoms with Crippen molar-refractivity contribution in [1.82, 2.24) is 0 Å². The summed E-state index contributed by atoms with van der Waals surface area (Å²) in [6, 6.07) is 0. The number of ether oxygens (including phenoxy) is 3. The molecule has 0 aromatic carbocycles. The number of hydrogen-bond acceptors (Lipinski definition) is 6. The van der Waals surface area contributed by atoms with Gasteiger partial charge in [-0.25, -0.2) is 0 Å². The number of unbranched alkanes of at least 4 members (excludes halogenated alkanes) is 29. The number of carbonyl (C=O) groups is 3. The van der Waals surface area contributed by atoms with Crippen LogP contribution < -0.4 is 0 Å². The summed E-state index contributed by atoms with van der Waals surface area (Å²) in [6.07, 6.45) is 77.3. The zero-order chi connectivity index (χ0) is 51.4. The van der Waals surface area contributed by atoms with Gasteiger partial charge < -0.3 is 14.2 Å². The van der Waals surface area contributed by atoms with Crippen LogP contribution in [0.5, 0.6) is 0 Å². The minimum absolute atomic E-state index is 0.102. The highest BCUT2D eigenvalue weighted by atomic mass is 16.6. The summed E-state index contributed by atoms with van der Waals surface area (Å²) in [4.78, 5) is 38.2. The van der Waals surface area contributed by atoms with Crippen molar-refractivity contribution in [3.05, 3.63) is 85.1 Å². The predicted molar refractivity (Wildman–Crippen MR) is 307 cm³/mol. The zero-order valence-corrected chi connectivity index (χ0v) is 46.7. The number of carbonyl (C=O) groups excluding carboxylic acids is 3. The van der Waals surface area contributed by atoms with E-state index in [-0.39, 0.29) is 37.5 Å². The maximum atomic E-state index is 12.9. The zero-order valence-electron chi connectivity index (χ0n) is 46.7. The molecule has 0 heterocycles. The second-order valence-electron chi connectivity index (χ2n) is 19.9. The van der Waals surface area contributed by atoms with Gasteiger partial charge in [0, 0.05) is 19.3 Å². The van der Waals surface area contributed by atoms with Gasteiger partial charge in [-0.2, -0.15) is 0 Å². The van der Waals surface area contributed by atoms with Crippen LogP contribution >= 0.6 is 0 Å². The van der Waals surface area contributed by atoms with Crippen LogP contribution in [0.25, 0.3) is 0 Å². The molecule has 0 amide bonds. The van der Waals surface area contributed by atoms with Gasteiger partial charge >= 0.3 is 17.9 Å². The van der Waals surface area contributed by atoms with Gasteiger partial charge in [0.05, 0.1) is 0 Å². The third kappa shape index (κ3) is 57.4. The molecule has 0 saturated carbocycles. The number of allylic oxidation sites excluding steroid dienone is 14. The fraction of sp³-hybridized carbons (Fsp3) is 0.738. The molecule has 0 fully saturated rings. The fourth-order valence-corrected chi connectivity index (χ4v) is 8.41. The third-order valence-electron chi connectivity index (χ3n) is 12.9. The first-order valence-electron chi connectivity index (χ1n) is 30.1. The molecular weight excluding hydrogens is 877 g/mol. The first kappa shape index (κ1) is 67.6. The molecule has 0 bridgehead atoms. The van der Waals surface area contributed by atoms with Crippen LogP contribution in [0.15, 0.2) is 85.1 Å². The van der Waals surface area contributed by atoms with Crippen LogP contribution in [-0.4, -0.2) is 37.2 Å². The average molecular weight is 990 g/mol. The van der Waals surface area contributed by atoms with Crippen LogP contribution in [0.4, 0.5) is 0 Å². The first-order chi connectivity index (χ1) is 35.0. The smallest absolute Gasteiger partial charge is 0.306 e. The lowest BCUT2D eigenvalue weighted by Gasteiger charge is -2.18. The summed E-state index contributed by atoms with van der Waals surface area (Å²) in [6.45, 7) is 6.48. The minimum atomic E-state index is -0.810. The Labute approximate surface area is 439 Å². The van der Waals surface area contributed by atoms with Gasteiger partial charge in [0.15, 0.2) is 6.10 Å². The van der Waals surface area contributed by atoms with E-state index >= 15 is 0 Å². The topological polar surface area (TPSA) is 78.9 Å². The van der Waals surface area contributed by atoms with E-state index in [9.17, 15) is 14.4 Å². The van der Waals surface area contributed by atoms with E-state index < -0.39 is 6.10 Å². The molecular formula is C65H112O6. The molecule has 6 heteroatoms. The van der Waals surface area contributed by atoms with Crippen LogP contribution in [0.1, 0.15) is 290 Å². The summed E-state index contributed by atoms with van der Waals surface area (Å²) < 4.78 is 16.8. The fourth-order valence-electron chi connectivity index (χ4n) is 8.41. The molecule has 0 radical (unpaired) electrons. The van der Waals surface area contributed by atoms with E-state index in [1.165, 1.54) is 161 Å². The molecule has 6 nitrogen and oxygen atoms in total. The van der Waals surface area contributed by atoms with Crippen molar-refractivity contribution in [2.45, 2.75) is 297 Å².